The Balaban J connectivity index is 2.65. The van der Waals surface area contributed by atoms with Crippen molar-refractivity contribution >= 4 is 5.82 Å². The summed E-state index contributed by atoms with van der Waals surface area (Å²) in [6, 6.07) is 4.76. The van der Waals surface area contributed by atoms with Crippen molar-refractivity contribution in [3.8, 4) is 0 Å². The Bertz CT molecular complexity index is 319. The maximum absolute atomic E-state index is 4.51. The van der Waals surface area contributed by atoms with Gasteiger partial charge < -0.3 is 10.2 Å². The van der Waals surface area contributed by atoms with Crippen molar-refractivity contribution in [1.29, 1.82) is 0 Å². The molecule has 0 aliphatic rings. The van der Waals surface area contributed by atoms with Gasteiger partial charge in [0.2, 0.25) is 0 Å². The minimum Gasteiger partial charge on any atom is -0.357 e. The molecule has 1 atom stereocenters. The Morgan fingerprint density at radius 2 is 2.00 bits per heavy atom. The lowest BCUT2D eigenvalue weighted by atomic mass is 10.0. The van der Waals surface area contributed by atoms with Crippen molar-refractivity contribution in [2.75, 3.05) is 19.0 Å². The summed E-state index contributed by atoms with van der Waals surface area (Å²) in [5.74, 6) is 1.77. The predicted octanol–water partition coefficient (Wildman–Crippen LogP) is 2.67. The number of hydrogen-bond acceptors (Lipinski definition) is 3. The standard InChI is InChI=1S/C14H25N3/c1-11(2)8-12(3)17(5)14-7-6-13(9-15-4)10-16-14/h6-7,10-12,15H,8-9H2,1-5H3. The fourth-order valence-corrected chi connectivity index (χ4v) is 2.00. The molecule has 0 radical (unpaired) electrons. The largest absolute Gasteiger partial charge is 0.357 e. The van der Waals surface area contributed by atoms with Gasteiger partial charge in [-0.05, 0) is 37.9 Å². The van der Waals surface area contributed by atoms with Crippen LogP contribution >= 0.6 is 0 Å². The van der Waals surface area contributed by atoms with E-state index in [9.17, 15) is 0 Å². The zero-order valence-electron chi connectivity index (χ0n) is 11.7. The number of anilines is 1. The molecule has 1 unspecified atom stereocenters. The third-order valence-electron chi connectivity index (χ3n) is 3.03. The molecule has 0 saturated carbocycles. The van der Waals surface area contributed by atoms with Crippen molar-refractivity contribution in [3.63, 3.8) is 0 Å². The molecular formula is C14H25N3. The van der Waals surface area contributed by atoms with Crippen molar-refractivity contribution < 1.29 is 0 Å². The van der Waals surface area contributed by atoms with E-state index in [1.54, 1.807) is 0 Å². The lowest BCUT2D eigenvalue weighted by Gasteiger charge is -2.27. The van der Waals surface area contributed by atoms with E-state index in [2.05, 4.69) is 55.2 Å². The first kappa shape index (κ1) is 14.0. The number of rotatable bonds is 6. The van der Waals surface area contributed by atoms with Crippen LogP contribution < -0.4 is 10.2 Å². The van der Waals surface area contributed by atoms with E-state index in [0.717, 1.165) is 18.3 Å². The average Bonchev–Trinajstić information content (AvgIpc) is 2.28. The van der Waals surface area contributed by atoms with Crippen LogP contribution in [0.1, 0.15) is 32.8 Å². The first-order chi connectivity index (χ1) is 8.04. The number of nitrogens with zero attached hydrogens (tertiary/aromatic N) is 2. The third-order valence-corrected chi connectivity index (χ3v) is 3.03. The number of hydrogen-bond donors (Lipinski definition) is 1. The van der Waals surface area contributed by atoms with Crippen LogP contribution in [0.15, 0.2) is 18.3 Å². The van der Waals surface area contributed by atoms with Crippen molar-refractivity contribution in [3.05, 3.63) is 23.9 Å². The molecule has 0 saturated heterocycles. The van der Waals surface area contributed by atoms with Gasteiger partial charge in [-0.25, -0.2) is 4.98 Å². The lowest BCUT2D eigenvalue weighted by Crippen LogP contribution is -2.30. The zero-order chi connectivity index (χ0) is 12.8. The highest BCUT2D eigenvalue weighted by Crippen LogP contribution is 2.16. The van der Waals surface area contributed by atoms with E-state index in [-0.39, 0.29) is 0 Å². The van der Waals surface area contributed by atoms with Crippen LogP contribution in [0.4, 0.5) is 5.82 Å². The second-order valence-corrected chi connectivity index (χ2v) is 5.14. The van der Waals surface area contributed by atoms with E-state index < -0.39 is 0 Å². The Hall–Kier alpha value is -1.09. The third kappa shape index (κ3) is 4.35. The molecule has 0 bridgehead atoms. The second kappa shape index (κ2) is 6.60. The fraction of sp³-hybridized carbons (Fsp3) is 0.643. The van der Waals surface area contributed by atoms with Gasteiger partial charge in [-0.3, -0.25) is 0 Å². The summed E-state index contributed by atoms with van der Waals surface area (Å²) in [5, 5.41) is 3.13. The van der Waals surface area contributed by atoms with Gasteiger partial charge in [-0.1, -0.05) is 19.9 Å². The number of pyridine rings is 1. The van der Waals surface area contributed by atoms with Gasteiger partial charge in [-0.15, -0.1) is 0 Å². The molecule has 96 valence electrons. The van der Waals surface area contributed by atoms with E-state index >= 15 is 0 Å². The Kier molecular flexibility index (Phi) is 5.42. The lowest BCUT2D eigenvalue weighted by molar-refractivity contribution is 0.502. The summed E-state index contributed by atoms with van der Waals surface area (Å²) in [7, 11) is 4.07. The van der Waals surface area contributed by atoms with Gasteiger partial charge in [0.15, 0.2) is 0 Å². The minimum absolute atomic E-state index is 0.526. The van der Waals surface area contributed by atoms with Crippen LogP contribution in [0.2, 0.25) is 0 Å². The minimum atomic E-state index is 0.526. The molecule has 1 heterocycles. The molecule has 1 N–H and O–H groups in total. The number of nitrogens with one attached hydrogen (secondary N) is 1. The van der Waals surface area contributed by atoms with Crippen LogP contribution in [0.3, 0.4) is 0 Å². The van der Waals surface area contributed by atoms with Crippen LogP contribution in [-0.4, -0.2) is 25.1 Å². The first-order valence-corrected chi connectivity index (χ1v) is 6.37. The van der Waals surface area contributed by atoms with Crippen molar-refractivity contribution in [2.24, 2.45) is 5.92 Å². The fourth-order valence-electron chi connectivity index (χ4n) is 2.00. The molecule has 1 aromatic heterocycles. The molecule has 17 heavy (non-hydrogen) atoms. The monoisotopic (exact) mass is 235 g/mol. The van der Waals surface area contributed by atoms with E-state index in [4.69, 9.17) is 0 Å². The molecule has 3 nitrogen and oxygen atoms in total. The summed E-state index contributed by atoms with van der Waals surface area (Å²) in [6.07, 6.45) is 3.14. The molecule has 0 spiro atoms. The average molecular weight is 235 g/mol. The molecule has 0 fully saturated rings. The smallest absolute Gasteiger partial charge is 0.128 e. The summed E-state index contributed by atoms with van der Waals surface area (Å²) in [4.78, 5) is 6.76. The molecule has 0 amide bonds. The zero-order valence-corrected chi connectivity index (χ0v) is 11.7. The summed E-state index contributed by atoms with van der Waals surface area (Å²) >= 11 is 0. The highest BCUT2D eigenvalue weighted by molar-refractivity contribution is 5.39. The second-order valence-electron chi connectivity index (χ2n) is 5.14. The van der Waals surface area contributed by atoms with Crippen molar-refractivity contribution in [1.82, 2.24) is 10.3 Å². The summed E-state index contributed by atoms with van der Waals surface area (Å²) in [6.45, 7) is 7.64. The van der Waals surface area contributed by atoms with Gasteiger partial charge in [0.25, 0.3) is 0 Å². The summed E-state index contributed by atoms with van der Waals surface area (Å²) in [5.41, 5.74) is 1.22. The molecule has 1 aromatic rings. The van der Waals surface area contributed by atoms with Crippen LogP contribution in [0.5, 0.6) is 0 Å². The normalized spacial score (nSPS) is 12.8. The van der Waals surface area contributed by atoms with Gasteiger partial charge in [0, 0.05) is 25.8 Å². The Morgan fingerprint density at radius 1 is 1.29 bits per heavy atom. The van der Waals surface area contributed by atoms with E-state index in [1.807, 2.05) is 13.2 Å². The molecule has 1 rings (SSSR count). The van der Waals surface area contributed by atoms with E-state index in [1.165, 1.54) is 12.0 Å². The Morgan fingerprint density at radius 3 is 2.47 bits per heavy atom. The van der Waals surface area contributed by atoms with Gasteiger partial charge in [0.1, 0.15) is 5.82 Å². The quantitative estimate of drug-likeness (QED) is 0.821. The molecule has 0 aliphatic carbocycles. The molecule has 3 heteroatoms. The van der Waals surface area contributed by atoms with Gasteiger partial charge in [-0.2, -0.15) is 0 Å². The summed E-state index contributed by atoms with van der Waals surface area (Å²) < 4.78 is 0. The first-order valence-electron chi connectivity index (χ1n) is 6.37. The predicted molar refractivity (Wildman–Crippen MR) is 74.3 cm³/mol. The highest BCUT2D eigenvalue weighted by Gasteiger charge is 2.12. The molecule has 0 aromatic carbocycles. The maximum atomic E-state index is 4.51. The highest BCUT2D eigenvalue weighted by atomic mass is 15.2. The van der Waals surface area contributed by atoms with Crippen LogP contribution in [0, 0.1) is 5.92 Å². The SMILES string of the molecule is CNCc1ccc(N(C)C(C)CC(C)C)nc1. The van der Waals surface area contributed by atoms with Crippen molar-refractivity contribution in [2.45, 2.75) is 39.8 Å². The van der Waals surface area contributed by atoms with Gasteiger partial charge in [0.05, 0.1) is 0 Å². The van der Waals surface area contributed by atoms with E-state index in [0.29, 0.717) is 6.04 Å². The molecule has 0 aliphatic heterocycles. The molecular weight excluding hydrogens is 210 g/mol. The van der Waals surface area contributed by atoms with Crippen LogP contribution in [0.25, 0.3) is 0 Å². The maximum Gasteiger partial charge on any atom is 0.128 e. The van der Waals surface area contributed by atoms with Crippen LogP contribution in [-0.2, 0) is 6.54 Å². The topological polar surface area (TPSA) is 28.2 Å². The van der Waals surface area contributed by atoms with Gasteiger partial charge >= 0.3 is 0 Å². The number of aromatic nitrogens is 1. The Labute approximate surface area is 105 Å².